The minimum absolute atomic E-state index is 0.186. The highest BCUT2D eigenvalue weighted by Crippen LogP contribution is 2.23. The third-order valence-electron chi connectivity index (χ3n) is 3.83. The highest BCUT2D eigenvalue weighted by Gasteiger charge is 2.22. The average Bonchev–Trinajstić information content (AvgIpc) is 2.57. The van der Waals surface area contributed by atoms with Crippen LogP contribution in [0.1, 0.15) is 66.8 Å². The number of hydrogen-bond donors (Lipinski definition) is 1. The van der Waals surface area contributed by atoms with Crippen LogP contribution in [-0.2, 0) is 0 Å². The summed E-state index contributed by atoms with van der Waals surface area (Å²) in [6, 6.07) is 0. The van der Waals surface area contributed by atoms with Crippen LogP contribution in [-0.4, -0.2) is 10.8 Å². The van der Waals surface area contributed by atoms with E-state index >= 15 is 0 Å². The number of unbranched alkanes of at least 4 members (excludes halogenated alkanes) is 1. The van der Waals surface area contributed by atoms with E-state index in [9.17, 15) is 4.79 Å². The van der Waals surface area contributed by atoms with Gasteiger partial charge in [0.1, 0.15) is 0 Å². The van der Waals surface area contributed by atoms with E-state index < -0.39 is 0 Å². The van der Waals surface area contributed by atoms with Crippen molar-refractivity contribution in [3.63, 3.8) is 0 Å². The lowest BCUT2D eigenvalue weighted by molar-refractivity contribution is 0.0903. The van der Waals surface area contributed by atoms with Crippen molar-refractivity contribution in [3.05, 3.63) is 22.5 Å². The lowest BCUT2D eigenvalue weighted by atomic mass is 9.91. The fourth-order valence-corrected chi connectivity index (χ4v) is 2.27. The molecule has 1 atom stereocenters. The van der Waals surface area contributed by atoms with Gasteiger partial charge in [0.25, 0.3) is 0 Å². The van der Waals surface area contributed by atoms with Crippen LogP contribution in [0.5, 0.6) is 0 Å². The third kappa shape index (κ3) is 2.99. The Hall–Kier alpha value is -1.05. The maximum Gasteiger partial charge on any atom is 0.182 e. The Kier molecular flexibility index (Phi) is 4.98. The molecule has 0 amide bonds. The van der Waals surface area contributed by atoms with Crippen molar-refractivity contribution in [2.75, 3.05) is 0 Å². The molecule has 0 aliphatic heterocycles. The van der Waals surface area contributed by atoms with Crippen molar-refractivity contribution in [2.45, 2.75) is 60.3 Å². The molecule has 0 aliphatic carbocycles. The second-order valence-corrected chi connectivity index (χ2v) is 4.99. The molecule has 2 heteroatoms. The van der Waals surface area contributed by atoms with Gasteiger partial charge < -0.3 is 4.98 Å². The predicted octanol–water partition coefficient (Wildman–Crippen LogP) is 4.34. The Morgan fingerprint density at radius 3 is 2.24 bits per heavy atom. The second kappa shape index (κ2) is 6.04. The maximum atomic E-state index is 12.4. The SMILES string of the molecule is CCCCC(CC)C(=O)c1[nH]c(C)c(C)c1C. The molecule has 1 heterocycles. The van der Waals surface area contributed by atoms with Crippen LogP contribution in [0.25, 0.3) is 0 Å². The van der Waals surface area contributed by atoms with E-state index in [0.29, 0.717) is 5.78 Å². The van der Waals surface area contributed by atoms with Gasteiger partial charge in [0.2, 0.25) is 0 Å². The molecule has 0 bridgehead atoms. The summed E-state index contributed by atoms with van der Waals surface area (Å²) in [5.41, 5.74) is 4.31. The van der Waals surface area contributed by atoms with Crippen LogP contribution < -0.4 is 0 Å². The van der Waals surface area contributed by atoms with Crippen molar-refractivity contribution in [1.82, 2.24) is 4.98 Å². The zero-order valence-corrected chi connectivity index (χ0v) is 11.8. The molecule has 1 rings (SSSR count). The van der Waals surface area contributed by atoms with Gasteiger partial charge in [-0.05, 0) is 44.7 Å². The molecule has 0 fully saturated rings. The van der Waals surface area contributed by atoms with E-state index in [1.165, 1.54) is 5.56 Å². The largest absolute Gasteiger partial charge is 0.356 e. The number of aryl methyl sites for hydroxylation is 1. The van der Waals surface area contributed by atoms with Crippen molar-refractivity contribution in [2.24, 2.45) is 5.92 Å². The Morgan fingerprint density at radius 1 is 1.18 bits per heavy atom. The molecule has 2 nitrogen and oxygen atoms in total. The smallest absolute Gasteiger partial charge is 0.182 e. The number of aromatic amines is 1. The van der Waals surface area contributed by atoms with Crippen LogP contribution in [0.2, 0.25) is 0 Å². The van der Waals surface area contributed by atoms with Crippen LogP contribution in [0.4, 0.5) is 0 Å². The van der Waals surface area contributed by atoms with Crippen LogP contribution in [0.3, 0.4) is 0 Å². The van der Waals surface area contributed by atoms with Gasteiger partial charge in [-0.3, -0.25) is 4.79 Å². The molecule has 17 heavy (non-hydrogen) atoms. The van der Waals surface area contributed by atoms with Crippen molar-refractivity contribution < 1.29 is 4.79 Å². The summed E-state index contributed by atoms with van der Waals surface area (Å²) in [5.74, 6) is 0.487. The number of ketones is 1. The lowest BCUT2D eigenvalue weighted by Gasteiger charge is -2.12. The number of aromatic nitrogens is 1. The van der Waals surface area contributed by atoms with Gasteiger partial charge in [0, 0.05) is 11.6 Å². The topological polar surface area (TPSA) is 32.9 Å². The van der Waals surface area contributed by atoms with Gasteiger partial charge in [-0.1, -0.05) is 26.7 Å². The Balaban J connectivity index is 2.90. The van der Waals surface area contributed by atoms with Gasteiger partial charge in [0.15, 0.2) is 5.78 Å². The molecular weight excluding hydrogens is 210 g/mol. The molecule has 96 valence electrons. The van der Waals surface area contributed by atoms with Gasteiger partial charge in [0.05, 0.1) is 5.69 Å². The zero-order chi connectivity index (χ0) is 13.0. The molecule has 0 saturated heterocycles. The van der Waals surface area contributed by atoms with Gasteiger partial charge in [-0.2, -0.15) is 0 Å². The second-order valence-electron chi connectivity index (χ2n) is 4.99. The minimum Gasteiger partial charge on any atom is -0.356 e. The highest BCUT2D eigenvalue weighted by molar-refractivity contribution is 5.98. The lowest BCUT2D eigenvalue weighted by Crippen LogP contribution is -2.15. The zero-order valence-electron chi connectivity index (χ0n) is 11.8. The number of hydrogen-bond acceptors (Lipinski definition) is 1. The fourth-order valence-electron chi connectivity index (χ4n) is 2.27. The summed E-state index contributed by atoms with van der Waals surface area (Å²) < 4.78 is 0. The number of carbonyl (C=O) groups excluding carboxylic acids is 1. The monoisotopic (exact) mass is 235 g/mol. The molecule has 1 unspecified atom stereocenters. The number of nitrogens with one attached hydrogen (secondary N) is 1. The van der Waals surface area contributed by atoms with Gasteiger partial charge in [-0.25, -0.2) is 0 Å². The molecule has 1 N–H and O–H groups in total. The predicted molar refractivity (Wildman–Crippen MR) is 72.6 cm³/mol. The maximum absolute atomic E-state index is 12.4. The van der Waals surface area contributed by atoms with Crippen molar-refractivity contribution in [1.29, 1.82) is 0 Å². The van der Waals surface area contributed by atoms with E-state index in [0.717, 1.165) is 42.6 Å². The van der Waals surface area contributed by atoms with E-state index in [1.54, 1.807) is 0 Å². The summed E-state index contributed by atoms with van der Waals surface area (Å²) in [6.07, 6.45) is 4.26. The number of H-pyrrole nitrogens is 1. The number of carbonyl (C=O) groups is 1. The van der Waals surface area contributed by atoms with Gasteiger partial charge >= 0.3 is 0 Å². The van der Waals surface area contributed by atoms with E-state index in [-0.39, 0.29) is 5.92 Å². The molecule has 1 aromatic rings. The standard InChI is InChI=1S/C15H25NO/c1-6-8-9-13(7-2)15(17)14-11(4)10(3)12(5)16-14/h13,16H,6-9H2,1-5H3. The molecule has 0 radical (unpaired) electrons. The molecule has 0 aromatic carbocycles. The summed E-state index contributed by atoms with van der Waals surface area (Å²) in [6.45, 7) is 10.4. The van der Waals surface area contributed by atoms with E-state index in [2.05, 4.69) is 25.8 Å². The fraction of sp³-hybridized carbons (Fsp3) is 0.667. The van der Waals surface area contributed by atoms with Crippen molar-refractivity contribution >= 4 is 5.78 Å². The van der Waals surface area contributed by atoms with E-state index in [4.69, 9.17) is 0 Å². The molecule has 0 spiro atoms. The van der Waals surface area contributed by atoms with Crippen molar-refractivity contribution in [3.8, 4) is 0 Å². The summed E-state index contributed by atoms with van der Waals surface area (Å²) in [7, 11) is 0. The first-order valence-corrected chi connectivity index (χ1v) is 6.72. The normalized spacial score (nSPS) is 12.8. The minimum atomic E-state index is 0.186. The molecular formula is C15H25NO. The van der Waals surface area contributed by atoms with Crippen LogP contribution in [0, 0.1) is 26.7 Å². The quantitative estimate of drug-likeness (QED) is 0.731. The summed E-state index contributed by atoms with van der Waals surface area (Å²) >= 11 is 0. The van der Waals surface area contributed by atoms with Crippen LogP contribution >= 0.6 is 0 Å². The van der Waals surface area contributed by atoms with E-state index in [1.807, 2.05) is 13.8 Å². The average molecular weight is 235 g/mol. The number of rotatable bonds is 6. The molecule has 0 saturated carbocycles. The summed E-state index contributed by atoms with van der Waals surface area (Å²) in [5, 5.41) is 0. The first-order valence-electron chi connectivity index (χ1n) is 6.72. The van der Waals surface area contributed by atoms with Crippen LogP contribution in [0.15, 0.2) is 0 Å². The Bertz CT molecular complexity index is 390. The first-order chi connectivity index (χ1) is 8.02. The molecule has 0 aliphatic rings. The highest BCUT2D eigenvalue weighted by atomic mass is 16.1. The first kappa shape index (κ1) is 14.0. The van der Waals surface area contributed by atoms with Gasteiger partial charge in [-0.15, -0.1) is 0 Å². The Morgan fingerprint density at radius 2 is 1.82 bits per heavy atom. The summed E-state index contributed by atoms with van der Waals surface area (Å²) in [4.78, 5) is 15.7. The number of Topliss-reactive ketones (excluding diaryl/α,β-unsaturated/α-hetero) is 1. The molecule has 1 aromatic heterocycles. The third-order valence-corrected chi connectivity index (χ3v) is 3.83. The Labute approximate surface area is 105 Å².